The molecule has 0 unspecified atom stereocenters. The van der Waals surface area contributed by atoms with E-state index in [-0.39, 0.29) is 0 Å². The van der Waals surface area contributed by atoms with Crippen molar-refractivity contribution in [3.05, 3.63) is 23.8 Å². The van der Waals surface area contributed by atoms with Gasteiger partial charge >= 0.3 is 0 Å². The molecule has 0 aliphatic heterocycles. The molecule has 0 fully saturated rings. The summed E-state index contributed by atoms with van der Waals surface area (Å²) in [5, 5.41) is 0. The van der Waals surface area contributed by atoms with Crippen LogP contribution >= 0.6 is 0 Å². The molecule has 2 heterocycles. The van der Waals surface area contributed by atoms with Crippen LogP contribution in [0.1, 0.15) is 25.2 Å². The quantitative estimate of drug-likeness (QED) is 0.638. The predicted molar refractivity (Wildman–Crippen MR) is 56.0 cm³/mol. The SMILES string of the molecule is CC.Cc1nc2nccnc2nc1C. The van der Waals surface area contributed by atoms with Crippen molar-refractivity contribution in [1.29, 1.82) is 0 Å². The topological polar surface area (TPSA) is 51.6 Å². The van der Waals surface area contributed by atoms with Crippen molar-refractivity contribution in [3.8, 4) is 0 Å². The third-order valence-corrected chi connectivity index (χ3v) is 1.73. The number of rotatable bonds is 0. The Labute approximate surface area is 83.5 Å². The fourth-order valence-electron chi connectivity index (χ4n) is 0.961. The molecule has 0 atom stereocenters. The van der Waals surface area contributed by atoms with E-state index in [1.54, 1.807) is 12.4 Å². The van der Waals surface area contributed by atoms with Gasteiger partial charge in [-0.25, -0.2) is 19.9 Å². The smallest absolute Gasteiger partial charge is 0.198 e. The van der Waals surface area contributed by atoms with E-state index in [4.69, 9.17) is 0 Å². The van der Waals surface area contributed by atoms with Gasteiger partial charge in [0.25, 0.3) is 0 Å². The third-order valence-electron chi connectivity index (χ3n) is 1.73. The molecular weight excluding hydrogens is 176 g/mol. The van der Waals surface area contributed by atoms with Crippen molar-refractivity contribution in [2.45, 2.75) is 27.7 Å². The molecule has 4 heteroatoms. The van der Waals surface area contributed by atoms with Gasteiger partial charge in [-0.15, -0.1) is 0 Å². The van der Waals surface area contributed by atoms with Gasteiger partial charge in [0, 0.05) is 12.4 Å². The lowest BCUT2D eigenvalue weighted by molar-refractivity contribution is 1.05. The largest absolute Gasteiger partial charge is 0.232 e. The Morgan fingerprint density at radius 3 is 1.50 bits per heavy atom. The van der Waals surface area contributed by atoms with Crippen molar-refractivity contribution in [2.75, 3.05) is 0 Å². The molecular formula is C10H14N4. The Morgan fingerprint density at radius 2 is 1.14 bits per heavy atom. The summed E-state index contributed by atoms with van der Waals surface area (Å²) >= 11 is 0. The van der Waals surface area contributed by atoms with Crippen molar-refractivity contribution < 1.29 is 0 Å². The number of nitrogens with zero attached hydrogens (tertiary/aromatic N) is 4. The summed E-state index contributed by atoms with van der Waals surface area (Å²) in [4.78, 5) is 16.6. The molecule has 4 nitrogen and oxygen atoms in total. The normalized spacial score (nSPS) is 9.43. The minimum Gasteiger partial charge on any atom is -0.232 e. The van der Waals surface area contributed by atoms with Crippen LogP contribution in [0.15, 0.2) is 12.4 Å². The summed E-state index contributed by atoms with van der Waals surface area (Å²) < 4.78 is 0. The first-order valence-corrected chi connectivity index (χ1v) is 4.69. The number of hydrogen-bond donors (Lipinski definition) is 0. The zero-order chi connectivity index (χ0) is 10.6. The minimum absolute atomic E-state index is 0.612. The number of aryl methyl sites for hydroxylation is 2. The van der Waals surface area contributed by atoms with E-state index in [2.05, 4.69) is 19.9 Å². The molecule has 0 aromatic carbocycles. The second-order valence-electron chi connectivity index (χ2n) is 2.60. The van der Waals surface area contributed by atoms with Crippen molar-refractivity contribution in [3.63, 3.8) is 0 Å². The summed E-state index contributed by atoms with van der Waals surface area (Å²) in [5.41, 5.74) is 3.03. The molecule has 0 amide bonds. The van der Waals surface area contributed by atoms with Gasteiger partial charge in [0.15, 0.2) is 11.3 Å². The van der Waals surface area contributed by atoms with Gasteiger partial charge in [-0.1, -0.05) is 13.8 Å². The van der Waals surface area contributed by atoms with Crippen LogP contribution in [0.2, 0.25) is 0 Å². The van der Waals surface area contributed by atoms with E-state index in [0.29, 0.717) is 11.3 Å². The fraction of sp³-hybridized carbons (Fsp3) is 0.400. The molecule has 0 N–H and O–H groups in total. The van der Waals surface area contributed by atoms with E-state index in [1.165, 1.54) is 0 Å². The molecule has 14 heavy (non-hydrogen) atoms. The molecule has 74 valence electrons. The highest BCUT2D eigenvalue weighted by Gasteiger charge is 2.00. The first-order chi connectivity index (χ1) is 6.77. The molecule has 0 spiro atoms. The number of fused-ring (bicyclic) bond motifs is 1. The van der Waals surface area contributed by atoms with Crippen LogP contribution in [0.25, 0.3) is 11.3 Å². The highest BCUT2D eigenvalue weighted by molar-refractivity contribution is 5.63. The lowest BCUT2D eigenvalue weighted by Gasteiger charge is -1.98. The minimum atomic E-state index is 0.612. The van der Waals surface area contributed by atoms with Gasteiger partial charge in [-0.3, -0.25) is 0 Å². The maximum atomic E-state index is 4.24. The molecule has 0 aliphatic carbocycles. The zero-order valence-corrected chi connectivity index (χ0v) is 8.94. The summed E-state index contributed by atoms with van der Waals surface area (Å²) in [6.45, 7) is 7.83. The van der Waals surface area contributed by atoms with Gasteiger partial charge in [0.05, 0.1) is 11.4 Å². The molecule has 0 bridgehead atoms. The lowest BCUT2D eigenvalue weighted by atomic mass is 10.3. The van der Waals surface area contributed by atoms with Crippen molar-refractivity contribution >= 4 is 11.3 Å². The van der Waals surface area contributed by atoms with Crippen LogP contribution in [0.3, 0.4) is 0 Å². The zero-order valence-electron chi connectivity index (χ0n) is 8.94. The average molecular weight is 190 g/mol. The molecule has 2 aromatic heterocycles. The predicted octanol–water partition coefficient (Wildman–Crippen LogP) is 2.06. The molecule has 0 saturated carbocycles. The monoisotopic (exact) mass is 190 g/mol. The van der Waals surface area contributed by atoms with E-state index >= 15 is 0 Å². The van der Waals surface area contributed by atoms with Crippen molar-refractivity contribution in [2.24, 2.45) is 0 Å². The highest BCUT2D eigenvalue weighted by Crippen LogP contribution is 2.05. The van der Waals surface area contributed by atoms with Crippen molar-refractivity contribution in [1.82, 2.24) is 19.9 Å². The molecule has 0 saturated heterocycles. The summed E-state index contributed by atoms with van der Waals surface area (Å²) in [5.74, 6) is 0. The first kappa shape index (κ1) is 10.5. The second-order valence-corrected chi connectivity index (χ2v) is 2.60. The Hall–Kier alpha value is -1.58. The Balaban J connectivity index is 0.000000461. The maximum absolute atomic E-state index is 4.24. The molecule has 2 aromatic rings. The summed E-state index contributed by atoms with van der Waals surface area (Å²) in [6, 6.07) is 0. The first-order valence-electron chi connectivity index (χ1n) is 4.69. The summed E-state index contributed by atoms with van der Waals surface area (Å²) in [7, 11) is 0. The van der Waals surface area contributed by atoms with Crippen LogP contribution in [-0.4, -0.2) is 19.9 Å². The van der Waals surface area contributed by atoms with Crippen LogP contribution in [0, 0.1) is 13.8 Å². The fourth-order valence-corrected chi connectivity index (χ4v) is 0.961. The highest BCUT2D eigenvalue weighted by atomic mass is 15.0. The van der Waals surface area contributed by atoms with E-state index in [9.17, 15) is 0 Å². The Bertz CT molecular complexity index is 385. The molecule has 0 radical (unpaired) electrons. The van der Waals surface area contributed by atoms with Crippen LogP contribution in [0.5, 0.6) is 0 Å². The van der Waals surface area contributed by atoms with Gasteiger partial charge in [-0.05, 0) is 13.8 Å². The molecule has 2 rings (SSSR count). The molecule has 0 aliphatic rings. The van der Waals surface area contributed by atoms with E-state index in [0.717, 1.165) is 11.4 Å². The average Bonchev–Trinajstić information content (AvgIpc) is 2.23. The van der Waals surface area contributed by atoms with Crippen LogP contribution < -0.4 is 0 Å². The Kier molecular flexibility index (Phi) is 3.45. The number of aromatic nitrogens is 4. The lowest BCUT2D eigenvalue weighted by Crippen LogP contribution is -1.96. The van der Waals surface area contributed by atoms with E-state index < -0.39 is 0 Å². The van der Waals surface area contributed by atoms with Gasteiger partial charge in [-0.2, -0.15) is 0 Å². The summed E-state index contributed by atoms with van der Waals surface area (Å²) in [6.07, 6.45) is 3.23. The second kappa shape index (κ2) is 4.60. The maximum Gasteiger partial charge on any atom is 0.198 e. The van der Waals surface area contributed by atoms with Crippen LogP contribution in [0.4, 0.5) is 0 Å². The van der Waals surface area contributed by atoms with Gasteiger partial charge in [0.1, 0.15) is 0 Å². The number of hydrogen-bond acceptors (Lipinski definition) is 4. The Morgan fingerprint density at radius 1 is 0.786 bits per heavy atom. The van der Waals surface area contributed by atoms with Gasteiger partial charge < -0.3 is 0 Å². The standard InChI is InChI=1S/C8H8N4.C2H6/c1-5-6(2)12-8-7(11-5)9-3-4-10-8;1-2/h3-4H,1-2H3;1-2H3. The van der Waals surface area contributed by atoms with Crippen LogP contribution in [-0.2, 0) is 0 Å². The van der Waals surface area contributed by atoms with Gasteiger partial charge in [0.2, 0.25) is 0 Å². The van der Waals surface area contributed by atoms with E-state index in [1.807, 2.05) is 27.7 Å². The third kappa shape index (κ3) is 2.02.